The number of carbonyl (C=O) groups is 2. The minimum atomic E-state index is -0.652. The number of non-ortho nitro benzene ring substituents is 1. The number of anilines is 1. The van der Waals surface area contributed by atoms with Gasteiger partial charge in [0.25, 0.3) is 5.69 Å². The SMILES string of the molecule is CCN(CCOC(=O)C1(C(C)(C)C2CC2(C(=O)OC)C(C)(C)C)CC1C)c1ccc(N=Nc2cc(OC)c(N=Nc3ccc(N=Nc4ccc(N=Nc5ccc([N+](=O)[O-])cc5)cc4)cc3)cc2OC)cc1. The molecule has 7 rings (SSSR count). The molecular weight excluding hydrogens is 905 g/mol. The number of esters is 2. The lowest BCUT2D eigenvalue weighted by Crippen LogP contribution is -2.43. The molecule has 0 aliphatic heterocycles. The van der Waals surface area contributed by atoms with Crippen molar-refractivity contribution < 1.29 is 33.5 Å². The average molecular weight is 965 g/mol. The number of methoxy groups -OCH3 is 3. The maximum atomic E-state index is 13.9. The van der Waals surface area contributed by atoms with Gasteiger partial charge in [-0.3, -0.25) is 19.7 Å². The van der Waals surface area contributed by atoms with Crippen molar-refractivity contribution in [2.75, 3.05) is 45.9 Å². The number of likely N-dealkylation sites (N-methyl/N-ethyl adjacent to an activating group) is 1. The van der Waals surface area contributed by atoms with Gasteiger partial charge in [-0.1, -0.05) is 41.5 Å². The molecule has 0 radical (unpaired) electrons. The zero-order valence-corrected chi connectivity index (χ0v) is 41.8. The Morgan fingerprint density at radius 2 is 1.03 bits per heavy atom. The van der Waals surface area contributed by atoms with Gasteiger partial charge in [-0.05, 0) is 127 Å². The number of rotatable bonds is 20. The molecule has 4 unspecified atom stereocenters. The molecule has 0 bridgehead atoms. The summed E-state index contributed by atoms with van der Waals surface area (Å²) in [4.78, 5) is 39.6. The van der Waals surface area contributed by atoms with Crippen LogP contribution in [-0.4, -0.2) is 57.9 Å². The van der Waals surface area contributed by atoms with E-state index in [4.69, 9.17) is 18.9 Å². The van der Waals surface area contributed by atoms with E-state index in [-0.39, 0.29) is 41.5 Å². The molecule has 71 heavy (non-hydrogen) atoms. The summed E-state index contributed by atoms with van der Waals surface area (Å²) in [5.41, 5.74) is 3.23. The Labute approximate surface area is 413 Å². The second-order valence-corrected chi connectivity index (χ2v) is 19.3. The molecule has 2 saturated carbocycles. The van der Waals surface area contributed by atoms with Crippen molar-refractivity contribution in [3.05, 3.63) is 119 Å². The highest BCUT2D eigenvalue weighted by atomic mass is 16.6. The first-order valence-corrected chi connectivity index (χ1v) is 23.4. The van der Waals surface area contributed by atoms with Crippen LogP contribution in [0.2, 0.25) is 0 Å². The van der Waals surface area contributed by atoms with Crippen LogP contribution in [-0.2, 0) is 19.1 Å². The van der Waals surface area contributed by atoms with Gasteiger partial charge in [-0.2, -0.15) is 30.7 Å². The van der Waals surface area contributed by atoms with Crippen molar-refractivity contribution >= 4 is 68.8 Å². The first-order chi connectivity index (χ1) is 33.9. The molecule has 2 aliphatic rings. The van der Waals surface area contributed by atoms with Crippen molar-refractivity contribution in [2.24, 2.45) is 74.4 Å². The van der Waals surface area contributed by atoms with Gasteiger partial charge in [0.05, 0.1) is 77.8 Å². The second-order valence-electron chi connectivity index (χ2n) is 19.3. The van der Waals surface area contributed by atoms with Crippen molar-refractivity contribution in [3.8, 4) is 11.5 Å². The summed E-state index contributed by atoms with van der Waals surface area (Å²) in [5.74, 6) is 0.613. The van der Waals surface area contributed by atoms with Gasteiger partial charge in [0, 0.05) is 36.5 Å². The molecule has 5 aromatic carbocycles. The summed E-state index contributed by atoms with van der Waals surface area (Å²) < 4.78 is 22.7. The van der Waals surface area contributed by atoms with Crippen molar-refractivity contribution in [1.82, 2.24) is 0 Å². The zero-order valence-electron chi connectivity index (χ0n) is 41.8. The Balaban J connectivity index is 0.923. The van der Waals surface area contributed by atoms with E-state index < -0.39 is 21.2 Å². The van der Waals surface area contributed by atoms with Gasteiger partial charge in [0.15, 0.2) is 0 Å². The normalized spacial score (nSPS) is 19.9. The fourth-order valence-corrected chi connectivity index (χ4v) is 9.72. The minimum Gasteiger partial charge on any atom is -0.494 e. The Morgan fingerprint density at radius 1 is 0.634 bits per heavy atom. The summed E-state index contributed by atoms with van der Waals surface area (Å²) >= 11 is 0. The summed E-state index contributed by atoms with van der Waals surface area (Å²) in [6, 6.07) is 30.9. The van der Waals surface area contributed by atoms with Crippen LogP contribution in [0.3, 0.4) is 0 Å². The van der Waals surface area contributed by atoms with Crippen LogP contribution in [0.15, 0.2) is 150 Å². The lowest BCUT2D eigenvalue weighted by molar-refractivity contribution is -0.384. The van der Waals surface area contributed by atoms with E-state index in [0.29, 0.717) is 76.5 Å². The third kappa shape index (κ3) is 10.9. The van der Waals surface area contributed by atoms with Crippen molar-refractivity contribution in [1.29, 1.82) is 0 Å². The molecule has 0 heterocycles. The molecule has 0 spiro atoms. The standard InChI is InChI=1S/C53H60N10O8/c1-11-62(28-29-71-49(65)52(32-34(52)2)51(6,7)47-33-53(47,48(64)70-10)50(3,4)5)41-24-20-40(21-25-41)59-61-44-31-45(68-8)43(30-46(44)69-9)60-58-38-18-16-37(17-19-38)55-54-35-12-14-36(15-13-35)56-57-39-22-26-42(27-23-39)63(66)67/h12-27,30-31,34,47H,11,28-29,32-33H2,1-10H3. The minimum absolute atomic E-state index is 0.0107. The van der Waals surface area contributed by atoms with Crippen LogP contribution >= 0.6 is 0 Å². The summed E-state index contributed by atoms with van der Waals surface area (Å²) in [6.07, 6.45) is 1.43. The van der Waals surface area contributed by atoms with Gasteiger partial charge in [0.1, 0.15) is 29.5 Å². The number of ether oxygens (including phenoxy) is 4. The van der Waals surface area contributed by atoms with E-state index in [9.17, 15) is 19.7 Å². The topological polar surface area (TPSA) is 216 Å². The Kier molecular flexibility index (Phi) is 15.2. The fraction of sp³-hybridized carbons (Fsp3) is 0.396. The highest BCUT2D eigenvalue weighted by molar-refractivity contribution is 5.85. The average Bonchev–Trinajstić information content (AvgIpc) is 4.30. The lowest BCUT2D eigenvalue weighted by atomic mass is 9.64. The maximum absolute atomic E-state index is 13.9. The van der Waals surface area contributed by atoms with Crippen LogP contribution in [0.25, 0.3) is 0 Å². The van der Waals surface area contributed by atoms with Crippen LogP contribution in [0.1, 0.15) is 61.3 Å². The highest BCUT2D eigenvalue weighted by Gasteiger charge is 2.79. The lowest BCUT2D eigenvalue weighted by Gasteiger charge is -2.39. The van der Waals surface area contributed by atoms with Crippen molar-refractivity contribution in [2.45, 2.75) is 61.3 Å². The number of benzene rings is 5. The molecule has 5 aromatic rings. The van der Waals surface area contributed by atoms with E-state index in [0.717, 1.165) is 12.1 Å². The summed E-state index contributed by atoms with van der Waals surface area (Å²) in [6.45, 7) is 16.1. The highest BCUT2D eigenvalue weighted by Crippen LogP contribution is 2.78. The number of nitrogens with zero attached hydrogens (tertiary/aromatic N) is 10. The molecule has 2 fully saturated rings. The summed E-state index contributed by atoms with van der Waals surface area (Å²) in [7, 11) is 4.51. The Morgan fingerprint density at radius 3 is 1.38 bits per heavy atom. The monoisotopic (exact) mass is 964 g/mol. The smallest absolute Gasteiger partial charge is 0.312 e. The first kappa shape index (κ1) is 51.1. The number of nitro benzene ring substituents is 1. The van der Waals surface area contributed by atoms with Crippen molar-refractivity contribution in [3.63, 3.8) is 0 Å². The van der Waals surface area contributed by atoms with Gasteiger partial charge in [-0.15, -0.1) is 10.2 Å². The number of azo groups is 4. The molecule has 370 valence electrons. The predicted octanol–water partition coefficient (Wildman–Crippen LogP) is 14.9. The molecule has 18 heteroatoms. The van der Waals surface area contributed by atoms with Gasteiger partial charge in [-0.25, -0.2) is 0 Å². The van der Waals surface area contributed by atoms with E-state index in [1.165, 1.54) is 45.6 Å². The molecule has 2 aliphatic carbocycles. The number of carbonyl (C=O) groups excluding carboxylic acids is 2. The van der Waals surface area contributed by atoms with E-state index in [1.54, 1.807) is 60.7 Å². The maximum Gasteiger partial charge on any atom is 0.312 e. The van der Waals surface area contributed by atoms with Crippen LogP contribution < -0.4 is 14.4 Å². The number of nitro groups is 1. The Hall–Kier alpha value is -7.76. The molecular formula is C53H60N10O8. The molecule has 0 aromatic heterocycles. The third-order valence-corrected chi connectivity index (χ3v) is 14.1. The summed E-state index contributed by atoms with van der Waals surface area (Å²) in [5, 5.41) is 45.5. The van der Waals surface area contributed by atoms with Crippen LogP contribution in [0.4, 0.5) is 56.9 Å². The fourth-order valence-electron chi connectivity index (χ4n) is 9.72. The molecule has 18 nitrogen and oxygen atoms in total. The zero-order chi connectivity index (χ0) is 51.1. The van der Waals surface area contributed by atoms with E-state index >= 15 is 0 Å². The number of hydrogen-bond acceptors (Lipinski definition) is 17. The van der Waals surface area contributed by atoms with Crippen LogP contribution in [0.5, 0.6) is 11.5 Å². The molecule has 4 atom stereocenters. The quantitative estimate of drug-likeness (QED) is 0.0313. The second kappa shape index (κ2) is 21.1. The predicted molar refractivity (Wildman–Crippen MR) is 270 cm³/mol. The molecule has 0 amide bonds. The third-order valence-electron chi connectivity index (χ3n) is 14.1. The van der Waals surface area contributed by atoms with Gasteiger partial charge >= 0.3 is 11.9 Å². The van der Waals surface area contributed by atoms with Crippen LogP contribution in [0, 0.1) is 43.6 Å². The number of hydrogen-bond donors (Lipinski definition) is 0. The van der Waals surface area contributed by atoms with Gasteiger partial charge in [0.2, 0.25) is 0 Å². The molecule has 0 saturated heterocycles. The van der Waals surface area contributed by atoms with Gasteiger partial charge < -0.3 is 23.8 Å². The largest absolute Gasteiger partial charge is 0.494 e. The molecule has 0 N–H and O–H groups in total. The van der Waals surface area contributed by atoms with E-state index in [2.05, 4.69) is 94.3 Å². The Bertz CT molecular complexity index is 2840. The first-order valence-electron chi connectivity index (χ1n) is 23.4. The van der Waals surface area contributed by atoms with E-state index in [1.807, 2.05) is 24.3 Å².